The maximum atomic E-state index is 11.6. The van der Waals surface area contributed by atoms with Crippen molar-refractivity contribution >= 4 is 17.4 Å². The third-order valence-corrected chi connectivity index (χ3v) is 3.03. The Morgan fingerprint density at radius 3 is 2.56 bits per heavy atom. The molecule has 0 aliphatic heterocycles. The second-order valence-electron chi connectivity index (χ2n) is 3.93. The average molecular weight is 237 g/mol. The summed E-state index contributed by atoms with van der Waals surface area (Å²) in [5.41, 5.74) is 1.24. The van der Waals surface area contributed by atoms with Gasteiger partial charge in [-0.25, -0.2) is 0 Å². The van der Waals surface area contributed by atoms with E-state index in [4.69, 9.17) is 11.6 Å². The second-order valence-corrected chi connectivity index (χ2v) is 4.37. The fourth-order valence-electron chi connectivity index (χ4n) is 1.87. The van der Waals surface area contributed by atoms with Gasteiger partial charge >= 0.3 is 0 Å². The van der Waals surface area contributed by atoms with Crippen LogP contribution in [0.5, 0.6) is 0 Å². The molecule has 0 radical (unpaired) electrons. The predicted molar refractivity (Wildman–Crippen MR) is 63.4 cm³/mol. The maximum absolute atomic E-state index is 11.6. The van der Waals surface area contributed by atoms with Crippen LogP contribution in [0.25, 0.3) is 0 Å². The Morgan fingerprint density at radius 2 is 1.94 bits per heavy atom. The van der Waals surface area contributed by atoms with Crippen molar-refractivity contribution < 1.29 is 9.90 Å². The van der Waals surface area contributed by atoms with Gasteiger partial charge in [0.15, 0.2) is 5.78 Å². The van der Waals surface area contributed by atoms with Gasteiger partial charge in [-0.15, -0.1) is 0 Å². The number of halogens is 1. The Morgan fingerprint density at radius 1 is 1.25 bits per heavy atom. The third-order valence-electron chi connectivity index (χ3n) is 2.77. The van der Waals surface area contributed by atoms with Gasteiger partial charge in [0.2, 0.25) is 0 Å². The fourth-order valence-corrected chi connectivity index (χ4v) is 1.99. The molecular formula is C13H13ClO2. The molecule has 0 heterocycles. The molecule has 1 aliphatic carbocycles. The van der Waals surface area contributed by atoms with Crippen LogP contribution in [0.15, 0.2) is 35.9 Å². The van der Waals surface area contributed by atoms with Gasteiger partial charge in [-0.3, -0.25) is 4.79 Å². The highest BCUT2D eigenvalue weighted by Crippen LogP contribution is 2.28. The molecule has 3 heteroatoms. The van der Waals surface area contributed by atoms with Crippen LogP contribution in [-0.4, -0.2) is 10.9 Å². The molecule has 0 bridgehead atoms. The highest BCUT2D eigenvalue weighted by atomic mass is 35.5. The molecule has 1 aromatic rings. The van der Waals surface area contributed by atoms with Crippen molar-refractivity contribution in [3.05, 3.63) is 46.5 Å². The van der Waals surface area contributed by atoms with E-state index in [-0.39, 0.29) is 5.78 Å². The first kappa shape index (κ1) is 11.4. The van der Waals surface area contributed by atoms with E-state index >= 15 is 0 Å². The smallest absolute Gasteiger partial charge is 0.161 e. The number of hydrogen-bond acceptors (Lipinski definition) is 2. The van der Waals surface area contributed by atoms with Gasteiger partial charge in [-0.2, -0.15) is 0 Å². The molecule has 0 saturated carbocycles. The van der Waals surface area contributed by atoms with E-state index in [1.165, 1.54) is 0 Å². The quantitative estimate of drug-likeness (QED) is 0.857. The monoisotopic (exact) mass is 236 g/mol. The molecule has 0 aromatic heterocycles. The van der Waals surface area contributed by atoms with E-state index in [0.29, 0.717) is 22.6 Å². The molecule has 1 N–H and O–H groups in total. The van der Waals surface area contributed by atoms with Gasteiger partial charge < -0.3 is 5.11 Å². The van der Waals surface area contributed by atoms with Crippen LogP contribution in [0.4, 0.5) is 0 Å². The number of benzene rings is 1. The highest BCUT2D eigenvalue weighted by Gasteiger charge is 2.21. The Balaban J connectivity index is 2.24. The van der Waals surface area contributed by atoms with Crippen LogP contribution in [0.1, 0.15) is 30.9 Å². The Hall–Kier alpha value is -1.12. The van der Waals surface area contributed by atoms with Crippen molar-refractivity contribution in [1.82, 2.24) is 0 Å². The van der Waals surface area contributed by atoms with E-state index < -0.39 is 6.10 Å². The van der Waals surface area contributed by atoms with Crippen LogP contribution >= 0.6 is 11.6 Å². The first-order valence-corrected chi connectivity index (χ1v) is 5.73. The summed E-state index contributed by atoms with van der Waals surface area (Å²) in [5, 5.41) is 10.7. The summed E-state index contributed by atoms with van der Waals surface area (Å²) >= 11 is 5.77. The lowest BCUT2D eigenvalue weighted by molar-refractivity contribution is -0.117. The van der Waals surface area contributed by atoms with Crippen molar-refractivity contribution in [1.29, 1.82) is 0 Å². The number of rotatable bonds is 2. The Bertz CT molecular complexity index is 420. The summed E-state index contributed by atoms with van der Waals surface area (Å²) in [7, 11) is 0. The summed E-state index contributed by atoms with van der Waals surface area (Å²) in [4.78, 5) is 11.6. The number of aliphatic hydroxyl groups excluding tert-OH is 1. The molecule has 84 valence electrons. The molecule has 1 aromatic carbocycles. The molecular weight excluding hydrogens is 224 g/mol. The minimum atomic E-state index is -0.815. The van der Waals surface area contributed by atoms with Crippen molar-refractivity contribution in [2.45, 2.75) is 25.4 Å². The molecule has 0 unspecified atom stereocenters. The van der Waals surface area contributed by atoms with E-state index in [0.717, 1.165) is 12.8 Å². The summed E-state index contributed by atoms with van der Waals surface area (Å²) in [6.07, 6.45) is 3.31. The van der Waals surface area contributed by atoms with Gasteiger partial charge in [-0.1, -0.05) is 29.8 Å². The maximum Gasteiger partial charge on any atom is 0.161 e. The van der Waals surface area contributed by atoms with Crippen LogP contribution in [0, 0.1) is 0 Å². The normalized spacial score (nSPS) is 18.1. The Labute approximate surface area is 99.5 Å². The topological polar surface area (TPSA) is 37.3 Å². The fraction of sp³-hybridized carbons (Fsp3) is 0.308. The SMILES string of the molecule is O=C1CCCC=C1[C@H](O)c1ccc(Cl)cc1. The number of hydrogen-bond donors (Lipinski definition) is 1. The van der Waals surface area contributed by atoms with E-state index in [1.807, 2.05) is 6.08 Å². The van der Waals surface area contributed by atoms with Crippen molar-refractivity contribution in [2.24, 2.45) is 0 Å². The lowest BCUT2D eigenvalue weighted by atomic mass is 9.91. The molecule has 2 nitrogen and oxygen atoms in total. The van der Waals surface area contributed by atoms with E-state index in [2.05, 4.69) is 0 Å². The number of allylic oxidation sites excluding steroid dienone is 1. The first-order valence-electron chi connectivity index (χ1n) is 5.35. The van der Waals surface area contributed by atoms with Crippen LogP contribution in [0.2, 0.25) is 5.02 Å². The average Bonchev–Trinajstić information content (AvgIpc) is 2.30. The van der Waals surface area contributed by atoms with E-state index in [1.54, 1.807) is 24.3 Å². The van der Waals surface area contributed by atoms with E-state index in [9.17, 15) is 9.90 Å². The number of carbonyl (C=O) groups is 1. The molecule has 2 rings (SSSR count). The summed E-state index contributed by atoms with van der Waals surface area (Å²) in [5.74, 6) is 0.0497. The molecule has 0 fully saturated rings. The second kappa shape index (κ2) is 4.81. The lowest BCUT2D eigenvalue weighted by Gasteiger charge is -2.17. The largest absolute Gasteiger partial charge is 0.384 e. The summed E-state index contributed by atoms with van der Waals surface area (Å²) in [6.45, 7) is 0. The molecule has 16 heavy (non-hydrogen) atoms. The van der Waals surface area contributed by atoms with Gasteiger partial charge in [-0.05, 0) is 30.5 Å². The standard InChI is InChI=1S/C13H13ClO2/c14-10-7-5-9(6-8-10)13(16)11-3-1-2-4-12(11)15/h3,5-8,13,16H,1-2,4H2/t13-/m1/s1. The zero-order valence-electron chi connectivity index (χ0n) is 8.82. The third kappa shape index (κ3) is 2.34. The van der Waals surface area contributed by atoms with Crippen molar-refractivity contribution in [2.75, 3.05) is 0 Å². The zero-order valence-corrected chi connectivity index (χ0v) is 9.57. The predicted octanol–water partition coefficient (Wildman–Crippen LogP) is 3.05. The number of ketones is 1. The molecule has 1 atom stereocenters. The molecule has 0 spiro atoms. The number of Topliss-reactive ketones (excluding diaryl/α,β-unsaturated/α-hetero) is 1. The highest BCUT2D eigenvalue weighted by molar-refractivity contribution is 6.30. The first-order chi connectivity index (χ1) is 7.68. The number of aliphatic hydroxyl groups is 1. The molecule has 0 amide bonds. The van der Waals surface area contributed by atoms with Gasteiger partial charge in [0.05, 0.1) is 0 Å². The Kier molecular flexibility index (Phi) is 3.42. The molecule has 0 saturated heterocycles. The van der Waals surface area contributed by atoms with Crippen molar-refractivity contribution in [3.63, 3.8) is 0 Å². The summed E-state index contributed by atoms with van der Waals surface area (Å²) in [6, 6.07) is 6.92. The molecule has 1 aliphatic rings. The minimum Gasteiger partial charge on any atom is -0.384 e. The van der Waals surface area contributed by atoms with Gasteiger partial charge in [0, 0.05) is 17.0 Å². The van der Waals surface area contributed by atoms with Gasteiger partial charge in [0.1, 0.15) is 6.10 Å². The van der Waals surface area contributed by atoms with Crippen LogP contribution < -0.4 is 0 Å². The van der Waals surface area contributed by atoms with Crippen molar-refractivity contribution in [3.8, 4) is 0 Å². The zero-order chi connectivity index (χ0) is 11.5. The van der Waals surface area contributed by atoms with Crippen LogP contribution in [0.3, 0.4) is 0 Å². The summed E-state index contributed by atoms with van der Waals surface area (Å²) < 4.78 is 0. The van der Waals surface area contributed by atoms with Gasteiger partial charge in [0.25, 0.3) is 0 Å². The lowest BCUT2D eigenvalue weighted by Crippen LogP contribution is -2.14. The number of carbonyl (C=O) groups excluding carboxylic acids is 1. The van der Waals surface area contributed by atoms with Crippen LogP contribution in [-0.2, 0) is 4.79 Å². The minimum absolute atomic E-state index is 0.0497.